The highest BCUT2D eigenvalue weighted by atomic mass is 16.5. The molecule has 0 aromatic carbocycles. The normalized spacial score (nSPS) is 12.9. The Labute approximate surface area is 127 Å². The quantitative estimate of drug-likeness (QED) is 0.537. The fourth-order valence-corrected chi connectivity index (χ4v) is 1.95. The number of aromatic amines is 1. The summed E-state index contributed by atoms with van der Waals surface area (Å²) < 4.78 is 5.51. The van der Waals surface area contributed by atoms with E-state index in [1.165, 1.54) is 6.08 Å². The van der Waals surface area contributed by atoms with Crippen molar-refractivity contribution in [2.75, 3.05) is 6.61 Å². The van der Waals surface area contributed by atoms with Crippen molar-refractivity contribution in [2.24, 2.45) is 5.73 Å². The number of primary amides is 1. The highest BCUT2D eigenvalue weighted by Crippen LogP contribution is 2.23. The zero-order valence-corrected chi connectivity index (χ0v) is 12.0. The number of nitrogens with zero attached hydrogens (tertiary/aromatic N) is 2. The van der Waals surface area contributed by atoms with Gasteiger partial charge in [-0.3, -0.25) is 4.79 Å². The van der Waals surface area contributed by atoms with Gasteiger partial charge in [-0.2, -0.15) is 5.26 Å². The lowest BCUT2D eigenvalue weighted by molar-refractivity contribution is -0.114. The molecular weight excluding hydrogens is 284 g/mol. The number of H-pyrrole nitrogens is 1. The predicted octanol–water partition coefficient (Wildman–Crippen LogP) is 0.800. The van der Waals surface area contributed by atoms with Crippen LogP contribution in [-0.2, 0) is 11.2 Å². The number of nitrogens with two attached hydrogens (primary N) is 1. The number of carbonyl (C=O) groups is 1. The smallest absolute Gasteiger partial charge is 0.259 e. The Hall–Kier alpha value is -2.85. The highest BCUT2D eigenvalue weighted by Gasteiger charge is 2.09. The van der Waals surface area contributed by atoms with Gasteiger partial charge >= 0.3 is 0 Å². The van der Waals surface area contributed by atoms with E-state index in [1.807, 2.05) is 0 Å². The number of rotatable bonds is 6. The summed E-state index contributed by atoms with van der Waals surface area (Å²) in [6, 6.07) is 3.56. The molecule has 7 nitrogen and oxygen atoms in total. The van der Waals surface area contributed by atoms with Crippen LogP contribution in [0.5, 0.6) is 5.75 Å². The largest absolute Gasteiger partial charge is 0.487 e. The standard InChI is InChI=1S/C15H16N4O3/c1-9(8-20)22-12-4-13-11(6-18-15(13)19-7-12)3-2-10(5-16)14(17)21/h2,4,6-7,9,20H,3,8H2,1H3,(H2,17,21)(H,18,19). The van der Waals surface area contributed by atoms with Gasteiger partial charge in [0.25, 0.3) is 5.91 Å². The van der Waals surface area contributed by atoms with E-state index in [0.29, 0.717) is 17.8 Å². The van der Waals surface area contributed by atoms with Crippen LogP contribution >= 0.6 is 0 Å². The zero-order chi connectivity index (χ0) is 16.1. The monoisotopic (exact) mass is 300 g/mol. The summed E-state index contributed by atoms with van der Waals surface area (Å²) in [4.78, 5) is 18.3. The molecule has 1 unspecified atom stereocenters. The molecule has 0 spiro atoms. The maximum atomic E-state index is 11.0. The molecule has 0 aliphatic carbocycles. The summed E-state index contributed by atoms with van der Waals surface area (Å²) in [6.07, 6.45) is 4.83. The minimum absolute atomic E-state index is 0.0800. The molecule has 1 atom stereocenters. The van der Waals surface area contributed by atoms with Crippen molar-refractivity contribution in [1.82, 2.24) is 9.97 Å². The Kier molecular flexibility index (Phi) is 4.76. The van der Waals surface area contributed by atoms with Crippen molar-refractivity contribution in [1.29, 1.82) is 5.26 Å². The van der Waals surface area contributed by atoms with Crippen LogP contribution in [0, 0.1) is 11.3 Å². The molecule has 7 heteroatoms. The summed E-state index contributed by atoms with van der Waals surface area (Å²) in [5.74, 6) is -0.212. The van der Waals surface area contributed by atoms with Crippen LogP contribution in [0.2, 0.25) is 0 Å². The second kappa shape index (κ2) is 6.74. The second-order valence-electron chi connectivity index (χ2n) is 4.79. The molecule has 4 N–H and O–H groups in total. The van der Waals surface area contributed by atoms with E-state index in [-0.39, 0.29) is 18.3 Å². The van der Waals surface area contributed by atoms with Gasteiger partial charge in [-0.05, 0) is 25.0 Å². The molecular formula is C15H16N4O3. The number of aromatic nitrogens is 2. The SMILES string of the molecule is CC(CO)Oc1cnc2[nH]cc(CC=C(C#N)C(N)=O)c2c1. The van der Waals surface area contributed by atoms with Gasteiger partial charge in [-0.25, -0.2) is 4.98 Å². The van der Waals surface area contributed by atoms with Crippen LogP contribution < -0.4 is 10.5 Å². The Morgan fingerprint density at radius 1 is 1.68 bits per heavy atom. The lowest BCUT2D eigenvalue weighted by atomic mass is 10.1. The predicted molar refractivity (Wildman–Crippen MR) is 79.9 cm³/mol. The van der Waals surface area contributed by atoms with E-state index >= 15 is 0 Å². The third-order valence-electron chi connectivity index (χ3n) is 3.10. The zero-order valence-electron chi connectivity index (χ0n) is 12.0. The fraction of sp³-hybridized carbons (Fsp3) is 0.267. The lowest BCUT2D eigenvalue weighted by Crippen LogP contribution is -2.16. The van der Waals surface area contributed by atoms with Crippen molar-refractivity contribution < 1.29 is 14.6 Å². The first kappa shape index (κ1) is 15.5. The van der Waals surface area contributed by atoms with Gasteiger partial charge < -0.3 is 20.6 Å². The van der Waals surface area contributed by atoms with Crippen molar-refractivity contribution >= 4 is 16.9 Å². The van der Waals surface area contributed by atoms with Gasteiger partial charge in [0.1, 0.15) is 29.1 Å². The number of hydrogen-bond acceptors (Lipinski definition) is 5. The topological polar surface area (TPSA) is 125 Å². The van der Waals surface area contributed by atoms with E-state index in [0.717, 1.165) is 10.9 Å². The van der Waals surface area contributed by atoms with Crippen molar-refractivity contribution in [2.45, 2.75) is 19.4 Å². The minimum Gasteiger partial charge on any atom is -0.487 e. The average molecular weight is 300 g/mol. The average Bonchev–Trinajstić information content (AvgIpc) is 2.90. The van der Waals surface area contributed by atoms with E-state index in [1.54, 1.807) is 31.5 Å². The summed E-state index contributed by atoms with van der Waals surface area (Å²) in [6.45, 7) is 1.65. The molecule has 0 radical (unpaired) electrons. The number of allylic oxidation sites excluding steroid dienone is 1. The molecule has 22 heavy (non-hydrogen) atoms. The lowest BCUT2D eigenvalue weighted by Gasteiger charge is -2.11. The molecule has 0 aliphatic rings. The number of aliphatic hydroxyl groups is 1. The first-order valence-electron chi connectivity index (χ1n) is 6.68. The molecule has 0 saturated carbocycles. The van der Waals surface area contributed by atoms with Crippen LogP contribution in [0.3, 0.4) is 0 Å². The number of nitriles is 1. The second-order valence-corrected chi connectivity index (χ2v) is 4.79. The first-order chi connectivity index (χ1) is 10.5. The van der Waals surface area contributed by atoms with Crippen LogP contribution in [0.1, 0.15) is 12.5 Å². The number of carbonyl (C=O) groups excluding carboxylic acids is 1. The summed E-state index contributed by atoms with van der Waals surface area (Å²) >= 11 is 0. The highest BCUT2D eigenvalue weighted by molar-refractivity contribution is 5.96. The summed E-state index contributed by atoms with van der Waals surface area (Å²) in [7, 11) is 0. The molecule has 2 heterocycles. The first-order valence-corrected chi connectivity index (χ1v) is 6.68. The molecule has 2 aromatic heterocycles. The van der Waals surface area contributed by atoms with Gasteiger partial charge in [0.2, 0.25) is 0 Å². The number of aliphatic hydroxyl groups excluding tert-OH is 1. The maximum Gasteiger partial charge on any atom is 0.259 e. The van der Waals surface area contributed by atoms with Gasteiger partial charge in [0, 0.05) is 11.6 Å². The molecule has 0 bridgehead atoms. The van der Waals surface area contributed by atoms with Crippen molar-refractivity contribution in [3.63, 3.8) is 0 Å². The fourth-order valence-electron chi connectivity index (χ4n) is 1.95. The Bertz CT molecular complexity index is 758. The van der Waals surface area contributed by atoms with Crippen LogP contribution in [0.25, 0.3) is 11.0 Å². The van der Waals surface area contributed by atoms with Crippen molar-refractivity contribution in [3.8, 4) is 11.8 Å². The van der Waals surface area contributed by atoms with Gasteiger partial charge in [0.15, 0.2) is 0 Å². The third-order valence-corrected chi connectivity index (χ3v) is 3.10. The molecule has 0 aliphatic heterocycles. The molecule has 2 rings (SSSR count). The summed E-state index contributed by atoms with van der Waals surface area (Å²) in [5, 5.41) is 18.7. The Balaban J connectivity index is 2.29. The van der Waals surface area contributed by atoms with E-state index < -0.39 is 5.91 Å². The molecule has 114 valence electrons. The van der Waals surface area contributed by atoms with E-state index in [9.17, 15) is 4.79 Å². The van der Waals surface area contributed by atoms with Gasteiger partial charge in [-0.1, -0.05) is 6.08 Å². The van der Waals surface area contributed by atoms with E-state index in [2.05, 4.69) is 9.97 Å². The minimum atomic E-state index is -0.749. The number of fused-ring (bicyclic) bond motifs is 1. The Morgan fingerprint density at radius 3 is 3.09 bits per heavy atom. The molecule has 0 fully saturated rings. The molecule has 0 saturated heterocycles. The van der Waals surface area contributed by atoms with E-state index in [4.69, 9.17) is 20.8 Å². The number of nitrogens with one attached hydrogen (secondary N) is 1. The van der Waals surface area contributed by atoms with Crippen LogP contribution in [0.4, 0.5) is 0 Å². The Morgan fingerprint density at radius 2 is 2.45 bits per heavy atom. The molecule has 2 aromatic rings. The number of hydrogen-bond donors (Lipinski definition) is 3. The van der Waals surface area contributed by atoms with Crippen LogP contribution in [0.15, 0.2) is 30.1 Å². The number of pyridine rings is 1. The maximum absolute atomic E-state index is 11.0. The van der Waals surface area contributed by atoms with Gasteiger partial charge in [-0.15, -0.1) is 0 Å². The summed E-state index contributed by atoms with van der Waals surface area (Å²) in [5.41, 5.74) is 6.55. The third kappa shape index (κ3) is 3.42. The van der Waals surface area contributed by atoms with Gasteiger partial charge in [0.05, 0.1) is 12.8 Å². The van der Waals surface area contributed by atoms with Crippen LogP contribution in [-0.4, -0.2) is 33.7 Å². The molecule has 1 amide bonds. The number of ether oxygens (including phenoxy) is 1. The van der Waals surface area contributed by atoms with Crippen molar-refractivity contribution in [3.05, 3.63) is 35.7 Å². The number of amides is 1.